The summed E-state index contributed by atoms with van der Waals surface area (Å²) < 4.78 is 10.5. The predicted molar refractivity (Wildman–Crippen MR) is 84.7 cm³/mol. The SMILES string of the molecule is CCN(Cc1ccc(OC)c(OC)c1)C(=O)CCC(C)C. The van der Waals surface area contributed by atoms with Crippen LogP contribution in [0, 0.1) is 5.92 Å². The lowest BCUT2D eigenvalue weighted by molar-refractivity contribution is -0.131. The van der Waals surface area contributed by atoms with Crippen molar-refractivity contribution >= 4 is 5.91 Å². The van der Waals surface area contributed by atoms with Gasteiger partial charge in [-0.3, -0.25) is 4.79 Å². The van der Waals surface area contributed by atoms with Crippen LogP contribution in [0.25, 0.3) is 0 Å². The van der Waals surface area contributed by atoms with Crippen molar-refractivity contribution < 1.29 is 14.3 Å². The maximum absolute atomic E-state index is 12.2. The number of nitrogens with zero attached hydrogens (tertiary/aromatic N) is 1. The highest BCUT2D eigenvalue weighted by atomic mass is 16.5. The van der Waals surface area contributed by atoms with Gasteiger partial charge in [-0.05, 0) is 37.0 Å². The van der Waals surface area contributed by atoms with E-state index in [0.717, 1.165) is 12.0 Å². The van der Waals surface area contributed by atoms with E-state index in [2.05, 4.69) is 13.8 Å². The Labute approximate surface area is 128 Å². The molecular weight excluding hydrogens is 266 g/mol. The van der Waals surface area contributed by atoms with Crippen molar-refractivity contribution in [1.29, 1.82) is 0 Å². The third kappa shape index (κ3) is 5.29. The summed E-state index contributed by atoms with van der Waals surface area (Å²) in [6.07, 6.45) is 1.54. The lowest BCUT2D eigenvalue weighted by atomic mass is 10.1. The molecule has 0 radical (unpaired) electrons. The van der Waals surface area contributed by atoms with Gasteiger partial charge >= 0.3 is 0 Å². The van der Waals surface area contributed by atoms with Gasteiger partial charge in [-0.1, -0.05) is 19.9 Å². The fourth-order valence-corrected chi connectivity index (χ4v) is 2.15. The van der Waals surface area contributed by atoms with E-state index in [4.69, 9.17) is 9.47 Å². The molecule has 0 saturated heterocycles. The van der Waals surface area contributed by atoms with Gasteiger partial charge in [0.05, 0.1) is 14.2 Å². The highest BCUT2D eigenvalue weighted by Crippen LogP contribution is 2.28. The quantitative estimate of drug-likeness (QED) is 0.736. The zero-order chi connectivity index (χ0) is 15.8. The topological polar surface area (TPSA) is 38.8 Å². The van der Waals surface area contributed by atoms with Crippen molar-refractivity contribution in [2.24, 2.45) is 5.92 Å². The Morgan fingerprint density at radius 1 is 1.19 bits per heavy atom. The first-order chi connectivity index (χ1) is 10.0. The van der Waals surface area contributed by atoms with Crippen LogP contribution in [0.4, 0.5) is 0 Å². The van der Waals surface area contributed by atoms with Gasteiger partial charge in [0.1, 0.15) is 0 Å². The highest BCUT2D eigenvalue weighted by molar-refractivity contribution is 5.76. The van der Waals surface area contributed by atoms with Crippen LogP contribution in [0.3, 0.4) is 0 Å². The van der Waals surface area contributed by atoms with Gasteiger partial charge in [0.25, 0.3) is 0 Å². The van der Waals surface area contributed by atoms with Crippen molar-refractivity contribution in [2.45, 2.75) is 40.2 Å². The van der Waals surface area contributed by atoms with Crippen LogP contribution in [0.1, 0.15) is 39.2 Å². The summed E-state index contributed by atoms with van der Waals surface area (Å²) >= 11 is 0. The Balaban J connectivity index is 2.74. The fraction of sp³-hybridized carbons (Fsp3) is 0.588. The molecule has 4 heteroatoms. The summed E-state index contributed by atoms with van der Waals surface area (Å²) in [6, 6.07) is 5.78. The molecule has 1 aromatic carbocycles. The third-order valence-electron chi connectivity index (χ3n) is 3.49. The zero-order valence-corrected chi connectivity index (χ0v) is 13.8. The number of hydrogen-bond donors (Lipinski definition) is 0. The average molecular weight is 293 g/mol. The summed E-state index contributed by atoms with van der Waals surface area (Å²) in [6.45, 7) is 7.60. The average Bonchev–Trinajstić information content (AvgIpc) is 2.49. The lowest BCUT2D eigenvalue weighted by Gasteiger charge is -2.22. The maximum atomic E-state index is 12.2. The highest BCUT2D eigenvalue weighted by Gasteiger charge is 2.14. The lowest BCUT2D eigenvalue weighted by Crippen LogP contribution is -2.30. The second-order valence-corrected chi connectivity index (χ2v) is 5.53. The number of methoxy groups -OCH3 is 2. The summed E-state index contributed by atoms with van der Waals surface area (Å²) in [7, 11) is 3.23. The molecule has 0 atom stereocenters. The molecule has 0 N–H and O–H groups in total. The van der Waals surface area contributed by atoms with Gasteiger partial charge in [-0.15, -0.1) is 0 Å². The second kappa shape index (κ2) is 8.55. The van der Waals surface area contributed by atoms with Gasteiger partial charge in [0.2, 0.25) is 5.91 Å². The zero-order valence-electron chi connectivity index (χ0n) is 13.8. The summed E-state index contributed by atoms with van der Waals surface area (Å²) in [5, 5.41) is 0. The molecule has 0 aliphatic carbocycles. The van der Waals surface area contributed by atoms with E-state index in [9.17, 15) is 4.79 Å². The molecular formula is C17H27NO3. The first kappa shape index (κ1) is 17.3. The number of amides is 1. The van der Waals surface area contributed by atoms with Crippen molar-refractivity contribution in [3.8, 4) is 11.5 Å². The number of hydrogen-bond acceptors (Lipinski definition) is 3. The largest absolute Gasteiger partial charge is 0.493 e. The molecule has 0 bridgehead atoms. The van der Waals surface area contributed by atoms with Crippen molar-refractivity contribution in [3.05, 3.63) is 23.8 Å². The minimum atomic E-state index is 0.209. The number of carbonyl (C=O) groups excluding carboxylic acids is 1. The minimum absolute atomic E-state index is 0.209. The standard InChI is InChI=1S/C17H27NO3/c1-6-18(17(19)10-7-13(2)3)12-14-8-9-15(20-4)16(11-14)21-5/h8-9,11,13H,6-7,10,12H2,1-5H3. The molecule has 0 aliphatic heterocycles. The molecule has 1 amide bonds. The van der Waals surface area contributed by atoms with E-state index >= 15 is 0 Å². The maximum Gasteiger partial charge on any atom is 0.222 e. The van der Waals surface area contributed by atoms with Crippen LogP contribution in [0.5, 0.6) is 11.5 Å². The van der Waals surface area contributed by atoms with Gasteiger partial charge < -0.3 is 14.4 Å². The first-order valence-electron chi connectivity index (χ1n) is 7.50. The molecule has 0 spiro atoms. The Kier molecular flexibility index (Phi) is 7.06. The third-order valence-corrected chi connectivity index (χ3v) is 3.49. The smallest absolute Gasteiger partial charge is 0.222 e. The van der Waals surface area contributed by atoms with Crippen LogP contribution >= 0.6 is 0 Å². The van der Waals surface area contributed by atoms with E-state index in [1.807, 2.05) is 30.0 Å². The fourth-order valence-electron chi connectivity index (χ4n) is 2.15. The molecule has 21 heavy (non-hydrogen) atoms. The normalized spacial score (nSPS) is 10.6. The van der Waals surface area contributed by atoms with Crippen LogP contribution in [0.15, 0.2) is 18.2 Å². The van der Waals surface area contributed by atoms with Crippen molar-refractivity contribution in [3.63, 3.8) is 0 Å². The Morgan fingerprint density at radius 2 is 1.86 bits per heavy atom. The van der Waals surface area contributed by atoms with Gasteiger partial charge in [-0.2, -0.15) is 0 Å². The molecule has 0 fully saturated rings. The number of carbonyl (C=O) groups is 1. The Bertz CT molecular complexity index is 457. The van der Waals surface area contributed by atoms with Crippen LogP contribution in [-0.2, 0) is 11.3 Å². The van der Waals surface area contributed by atoms with Crippen LogP contribution < -0.4 is 9.47 Å². The molecule has 1 rings (SSSR count). The molecule has 1 aromatic rings. The molecule has 0 aliphatic rings. The van der Waals surface area contributed by atoms with E-state index in [-0.39, 0.29) is 5.91 Å². The number of ether oxygens (including phenoxy) is 2. The number of benzene rings is 1. The Hall–Kier alpha value is -1.71. The number of rotatable bonds is 8. The van der Waals surface area contributed by atoms with Crippen LogP contribution in [0.2, 0.25) is 0 Å². The van der Waals surface area contributed by atoms with Gasteiger partial charge in [0.15, 0.2) is 11.5 Å². The van der Waals surface area contributed by atoms with Gasteiger partial charge in [-0.25, -0.2) is 0 Å². The Morgan fingerprint density at radius 3 is 2.38 bits per heavy atom. The summed E-state index contributed by atoms with van der Waals surface area (Å²) in [5.41, 5.74) is 1.05. The van der Waals surface area contributed by atoms with E-state index < -0.39 is 0 Å². The summed E-state index contributed by atoms with van der Waals surface area (Å²) in [4.78, 5) is 14.1. The van der Waals surface area contributed by atoms with Gasteiger partial charge in [0, 0.05) is 19.5 Å². The molecule has 118 valence electrons. The second-order valence-electron chi connectivity index (χ2n) is 5.53. The monoisotopic (exact) mass is 293 g/mol. The van der Waals surface area contributed by atoms with Crippen molar-refractivity contribution in [2.75, 3.05) is 20.8 Å². The van der Waals surface area contributed by atoms with Crippen molar-refractivity contribution in [1.82, 2.24) is 4.90 Å². The molecule has 0 saturated carbocycles. The predicted octanol–water partition coefficient (Wildman–Crippen LogP) is 3.49. The molecule has 0 aromatic heterocycles. The minimum Gasteiger partial charge on any atom is -0.493 e. The molecule has 0 heterocycles. The first-order valence-corrected chi connectivity index (χ1v) is 7.50. The summed E-state index contributed by atoms with van der Waals surface area (Å²) in [5.74, 6) is 2.16. The molecule has 4 nitrogen and oxygen atoms in total. The van der Waals surface area contributed by atoms with E-state index in [1.165, 1.54) is 0 Å². The van der Waals surface area contributed by atoms with Crippen LogP contribution in [-0.4, -0.2) is 31.6 Å². The molecule has 0 unspecified atom stereocenters. The van der Waals surface area contributed by atoms with E-state index in [0.29, 0.717) is 36.9 Å². The van der Waals surface area contributed by atoms with E-state index in [1.54, 1.807) is 14.2 Å².